The summed E-state index contributed by atoms with van der Waals surface area (Å²) in [6, 6.07) is 2.83. The van der Waals surface area contributed by atoms with Crippen molar-refractivity contribution in [3.63, 3.8) is 0 Å². The van der Waals surface area contributed by atoms with Gasteiger partial charge in [0.2, 0.25) is 0 Å². The van der Waals surface area contributed by atoms with Crippen LogP contribution in [0.25, 0.3) is 11.0 Å². The van der Waals surface area contributed by atoms with Crippen LogP contribution < -0.4 is 5.73 Å². The number of fused-ring (bicyclic) bond motifs is 1. The Labute approximate surface area is 90.8 Å². The molecule has 2 rings (SSSR count). The van der Waals surface area contributed by atoms with E-state index >= 15 is 0 Å². The van der Waals surface area contributed by atoms with Gasteiger partial charge in [-0.2, -0.15) is 0 Å². The minimum atomic E-state index is -0.558. The van der Waals surface area contributed by atoms with Crippen LogP contribution >= 0.6 is 0 Å². The second-order valence-corrected chi connectivity index (χ2v) is 3.34. The Balaban J connectivity index is 2.78. The first-order valence-corrected chi connectivity index (χ1v) is 4.82. The van der Waals surface area contributed by atoms with Crippen molar-refractivity contribution in [2.75, 3.05) is 0 Å². The quantitative estimate of drug-likeness (QED) is 0.310. The van der Waals surface area contributed by atoms with E-state index in [-0.39, 0.29) is 11.4 Å². The van der Waals surface area contributed by atoms with Crippen molar-refractivity contribution in [1.82, 2.24) is 9.97 Å². The maximum Gasteiger partial charge on any atom is 0.175 e. The molecule has 0 amide bonds. The number of benzene rings is 1. The molecule has 16 heavy (non-hydrogen) atoms. The molecular formula is C10H11FN4O. The topological polar surface area (TPSA) is 87.3 Å². The molecule has 1 aromatic carbocycles. The lowest BCUT2D eigenvalue weighted by Gasteiger charge is -2.00. The summed E-state index contributed by atoms with van der Waals surface area (Å²) in [5, 5.41) is 11.4. The van der Waals surface area contributed by atoms with Gasteiger partial charge in [-0.25, -0.2) is 9.37 Å². The Morgan fingerprint density at radius 3 is 3.00 bits per heavy atom. The van der Waals surface area contributed by atoms with Gasteiger partial charge in [0.05, 0.1) is 11.1 Å². The van der Waals surface area contributed by atoms with Gasteiger partial charge in [0.1, 0.15) is 17.2 Å². The molecule has 6 heteroatoms. The van der Waals surface area contributed by atoms with E-state index in [4.69, 9.17) is 10.9 Å². The number of nitrogens with two attached hydrogens (primary N) is 1. The van der Waals surface area contributed by atoms with E-state index in [0.717, 1.165) is 5.82 Å². The van der Waals surface area contributed by atoms with Crippen molar-refractivity contribution in [2.45, 2.75) is 13.3 Å². The Morgan fingerprint density at radius 2 is 2.38 bits per heavy atom. The van der Waals surface area contributed by atoms with Gasteiger partial charge in [0.25, 0.3) is 0 Å². The number of hydrogen-bond donors (Lipinski definition) is 3. The number of aromatic nitrogens is 2. The monoisotopic (exact) mass is 222 g/mol. The zero-order chi connectivity index (χ0) is 11.7. The first-order chi connectivity index (χ1) is 7.67. The number of oxime groups is 1. The number of nitrogens with one attached hydrogen (secondary N) is 1. The summed E-state index contributed by atoms with van der Waals surface area (Å²) in [6.07, 6.45) is 0.700. The van der Waals surface area contributed by atoms with Crippen LogP contribution in [0.1, 0.15) is 18.3 Å². The second kappa shape index (κ2) is 3.80. The standard InChI is InChI=1S/C10H11FN4O/c1-2-7-13-6-4-3-5(11)8(9(6)14-7)10(12)15-16/h3-4,16H,2H2,1H3,(H2,12,15)(H,13,14). The fraction of sp³-hybridized carbons (Fsp3) is 0.200. The van der Waals surface area contributed by atoms with Crippen molar-refractivity contribution in [3.8, 4) is 0 Å². The summed E-state index contributed by atoms with van der Waals surface area (Å²) in [5.74, 6) is -0.109. The van der Waals surface area contributed by atoms with Crippen LogP contribution in [0.2, 0.25) is 0 Å². The molecule has 0 saturated heterocycles. The van der Waals surface area contributed by atoms with E-state index in [2.05, 4.69) is 15.1 Å². The number of halogens is 1. The Morgan fingerprint density at radius 1 is 1.62 bits per heavy atom. The summed E-state index contributed by atoms with van der Waals surface area (Å²) in [6.45, 7) is 1.93. The van der Waals surface area contributed by atoms with Gasteiger partial charge < -0.3 is 15.9 Å². The number of imidazole rings is 1. The molecule has 2 aromatic rings. The lowest BCUT2D eigenvalue weighted by Crippen LogP contribution is -2.15. The van der Waals surface area contributed by atoms with E-state index in [1.54, 1.807) is 6.07 Å². The highest BCUT2D eigenvalue weighted by Crippen LogP contribution is 2.19. The molecule has 0 aliphatic heterocycles. The molecule has 4 N–H and O–H groups in total. The second-order valence-electron chi connectivity index (χ2n) is 3.34. The van der Waals surface area contributed by atoms with Gasteiger partial charge in [-0.1, -0.05) is 12.1 Å². The Hall–Kier alpha value is -2.11. The highest BCUT2D eigenvalue weighted by atomic mass is 19.1. The number of rotatable bonds is 2. The van der Waals surface area contributed by atoms with E-state index in [1.807, 2.05) is 6.92 Å². The highest BCUT2D eigenvalue weighted by molar-refractivity contribution is 6.07. The van der Waals surface area contributed by atoms with E-state index in [0.29, 0.717) is 17.5 Å². The van der Waals surface area contributed by atoms with Gasteiger partial charge in [-0.15, -0.1) is 0 Å². The molecule has 0 saturated carbocycles. The molecule has 0 spiro atoms. The first-order valence-electron chi connectivity index (χ1n) is 4.82. The lowest BCUT2D eigenvalue weighted by molar-refractivity contribution is 0.318. The summed E-state index contributed by atoms with van der Waals surface area (Å²) >= 11 is 0. The number of amidine groups is 1. The summed E-state index contributed by atoms with van der Waals surface area (Å²) in [4.78, 5) is 7.22. The number of aromatic amines is 1. The van der Waals surface area contributed by atoms with Crippen molar-refractivity contribution in [2.24, 2.45) is 10.9 Å². The largest absolute Gasteiger partial charge is 0.409 e. The van der Waals surface area contributed by atoms with E-state index < -0.39 is 5.82 Å². The SMILES string of the molecule is CCc1nc2c(/C(N)=N/O)c(F)ccc2[nH]1. The van der Waals surface area contributed by atoms with Crippen molar-refractivity contribution in [1.29, 1.82) is 0 Å². The Bertz CT molecular complexity index is 561. The maximum atomic E-state index is 13.5. The summed E-state index contributed by atoms with van der Waals surface area (Å²) in [5.41, 5.74) is 6.49. The van der Waals surface area contributed by atoms with Crippen LogP contribution in [0.15, 0.2) is 17.3 Å². The van der Waals surface area contributed by atoms with Crippen LogP contribution in [0.3, 0.4) is 0 Å². The fourth-order valence-corrected chi connectivity index (χ4v) is 1.56. The molecule has 1 heterocycles. The third kappa shape index (κ3) is 1.48. The van der Waals surface area contributed by atoms with Gasteiger partial charge in [-0.05, 0) is 12.1 Å². The minimum absolute atomic E-state index is 0.0240. The number of nitrogens with zero attached hydrogens (tertiary/aromatic N) is 2. The summed E-state index contributed by atoms with van der Waals surface area (Å²) < 4.78 is 13.5. The Kier molecular flexibility index (Phi) is 2.47. The van der Waals surface area contributed by atoms with Crippen molar-refractivity contribution >= 4 is 16.9 Å². The smallest absolute Gasteiger partial charge is 0.175 e. The zero-order valence-corrected chi connectivity index (χ0v) is 8.66. The van der Waals surface area contributed by atoms with Crippen LogP contribution in [-0.2, 0) is 6.42 Å². The third-order valence-corrected chi connectivity index (χ3v) is 2.35. The lowest BCUT2D eigenvalue weighted by atomic mass is 10.1. The molecule has 0 aliphatic rings. The van der Waals surface area contributed by atoms with Crippen LogP contribution in [0, 0.1) is 5.82 Å². The predicted molar refractivity (Wildman–Crippen MR) is 57.9 cm³/mol. The molecule has 5 nitrogen and oxygen atoms in total. The van der Waals surface area contributed by atoms with Gasteiger partial charge in [0.15, 0.2) is 5.84 Å². The van der Waals surface area contributed by atoms with E-state index in [9.17, 15) is 4.39 Å². The first kappa shape index (κ1) is 10.4. The predicted octanol–water partition coefficient (Wildman–Crippen LogP) is 1.36. The molecule has 1 aromatic heterocycles. The molecule has 0 atom stereocenters. The van der Waals surface area contributed by atoms with Crippen LogP contribution in [0.4, 0.5) is 4.39 Å². The number of hydrogen-bond acceptors (Lipinski definition) is 3. The van der Waals surface area contributed by atoms with Gasteiger partial charge in [0, 0.05) is 6.42 Å². The normalized spacial score (nSPS) is 12.2. The number of H-pyrrole nitrogens is 1. The molecule has 0 unspecified atom stereocenters. The van der Waals surface area contributed by atoms with Gasteiger partial charge in [-0.3, -0.25) is 0 Å². The van der Waals surface area contributed by atoms with Crippen molar-refractivity contribution in [3.05, 3.63) is 29.3 Å². The fourth-order valence-electron chi connectivity index (χ4n) is 1.56. The maximum absolute atomic E-state index is 13.5. The van der Waals surface area contributed by atoms with Crippen LogP contribution in [-0.4, -0.2) is 21.0 Å². The number of aryl methyl sites for hydroxylation is 1. The molecule has 0 aliphatic carbocycles. The summed E-state index contributed by atoms with van der Waals surface area (Å²) in [7, 11) is 0. The third-order valence-electron chi connectivity index (χ3n) is 2.35. The van der Waals surface area contributed by atoms with E-state index in [1.165, 1.54) is 6.07 Å². The highest BCUT2D eigenvalue weighted by Gasteiger charge is 2.15. The minimum Gasteiger partial charge on any atom is -0.409 e. The average Bonchev–Trinajstić information content (AvgIpc) is 2.71. The molecule has 84 valence electrons. The molecule has 0 bridgehead atoms. The van der Waals surface area contributed by atoms with Crippen LogP contribution in [0.5, 0.6) is 0 Å². The average molecular weight is 222 g/mol. The molecular weight excluding hydrogens is 211 g/mol. The molecule has 0 radical (unpaired) electrons. The molecule has 0 fully saturated rings. The zero-order valence-electron chi connectivity index (χ0n) is 8.66. The van der Waals surface area contributed by atoms with Gasteiger partial charge >= 0.3 is 0 Å². The van der Waals surface area contributed by atoms with Crippen molar-refractivity contribution < 1.29 is 9.60 Å².